The second-order valence-electron chi connectivity index (χ2n) is 7.57. The number of hydrogen-bond acceptors (Lipinski definition) is 2. The van der Waals surface area contributed by atoms with Gasteiger partial charge in [-0.2, -0.15) is 0 Å². The van der Waals surface area contributed by atoms with Crippen molar-refractivity contribution in [1.82, 2.24) is 14.5 Å². The van der Waals surface area contributed by atoms with Crippen LogP contribution in [0.3, 0.4) is 0 Å². The van der Waals surface area contributed by atoms with E-state index in [0.717, 1.165) is 22.4 Å². The Morgan fingerprint density at radius 1 is 0.484 bits per heavy atom. The molecular weight excluding hydrogens is 378 g/mol. The van der Waals surface area contributed by atoms with E-state index in [4.69, 9.17) is 0 Å². The third kappa shape index (κ3) is 2.99. The van der Waals surface area contributed by atoms with Crippen molar-refractivity contribution in [2.24, 2.45) is 0 Å². The number of nitrogens with zero attached hydrogens (tertiary/aromatic N) is 3. The summed E-state index contributed by atoms with van der Waals surface area (Å²) in [6.45, 7) is 0. The first-order valence-corrected chi connectivity index (χ1v) is 10.3. The maximum atomic E-state index is 4.67. The van der Waals surface area contributed by atoms with Crippen LogP contribution in [0, 0.1) is 0 Å². The molecule has 6 aromatic rings. The van der Waals surface area contributed by atoms with Crippen molar-refractivity contribution < 1.29 is 0 Å². The highest BCUT2D eigenvalue weighted by Gasteiger charge is 2.14. The lowest BCUT2D eigenvalue weighted by molar-refractivity contribution is 1.06. The van der Waals surface area contributed by atoms with Gasteiger partial charge in [0.1, 0.15) is 11.5 Å². The fraction of sp³-hybridized carbons (Fsp3) is 0. The van der Waals surface area contributed by atoms with Gasteiger partial charge in [-0.1, -0.05) is 66.7 Å². The van der Waals surface area contributed by atoms with Gasteiger partial charge in [0.2, 0.25) is 0 Å². The van der Waals surface area contributed by atoms with Crippen LogP contribution in [-0.2, 0) is 0 Å². The predicted molar refractivity (Wildman–Crippen MR) is 127 cm³/mol. The van der Waals surface area contributed by atoms with Crippen molar-refractivity contribution in [3.63, 3.8) is 0 Å². The monoisotopic (exact) mass is 397 g/mol. The van der Waals surface area contributed by atoms with Crippen molar-refractivity contribution in [3.05, 3.63) is 116 Å². The Labute approximate surface area is 180 Å². The summed E-state index contributed by atoms with van der Waals surface area (Å²) in [6.07, 6.45) is 3.66. The Balaban J connectivity index is 1.50. The minimum atomic E-state index is 0.876. The minimum absolute atomic E-state index is 0.876. The summed E-state index contributed by atoms with van der Waals surface area (Å²) in [5, 5.41) is 2.31. The summed E-state index contributed by atoms with van der Waals surface area (Å²) in [6, 6.07) is 35.9. The van der Waals surface area contributed by atoms with Crippen LogP contribution in [0.15, 0.2) is 116 Å². The third-order valence-corrected chi connectivity index (χ3v) is 5.73. The zero-order chi connectivity index (χ0) is 20.6. The smallest absolute Gasteiger partial charge is 0.146 e. The average Bonchev–Trinajstić information content (AvgIpc) is 3.19. The van der Waals surface area contributed by atoms with E-state index in [-0.39, 0.29) is 0 Å². The number of pyridine rings is 2. The molecule has 3 heterocycles. The highest BCUT2D eigenvalue weighted by atomic mass is 15.1. The van der Waals surface area contributed by atoms with Crippen molar-refractivity contribution in [2.75, 3.05) is 0 Å². The van der Waals surface area contributed by atoms with E-state index < -0.39 is 0 Å². The fourth-order valence-corrected chi connectivity index (χ4v) is 4.23. The van der Waals surface area contributed by atoms with Gasteiger partial charge in [0.25, 0.3) is 0 Å². The predicted octanol–water partition coefficient (Wildman–Crippen LogP) is 6.91. The van der Waals surface area contributed by atoms with Crippen LogP contribution in [0.5, 0.6) is 0 Å². The van der Waals surface area contributed by atoms with E-state index in [0.29, 0.717) is 0 Å². The van der Waals surface area contributed by atoms with Crippen LogP contribution in [0.2, 0.25) is 0 Å². The van der Waals surface area contributed by atoms with Gasteiger partial charge in [-0.3, -0.25) is 4.57 Å². The van der Waals surface area contributed by atoms with E-state index in [1.54, 1.807) is 0 Å². The number of benzene rings is 3. The first kappa shape index (κ1) is 17.6. The second kappa shape index (κ2) is 7.22. The van der Waals surface area contributed by atoms with Gasteiger partial charge in [-0.15, -0.1) is 0 Å². The molecule has 146 valence electrons. The molecule has 3 aromatic heterocycles. The van der Waals surface area contributed by atoms with E-state index in [2.05, 4.69) is 87.3 Å². The van der Waals surface area contributed by atoms with Gasteiger partial charge in [0.05, 0.1) is 5.52 Å². The Hall–Kier alpha value is -4.24. The van der Waals surface area contributed by atoms with Crippen LogP contribution in [0.1, 0.15) is 0 Å². The molecule has 0 aliphatic rings. The van der Waals surface area contributed by atoms with Crippen molar-refractivity contribution in [1.29, 1.82) is 0 Å². The molecule has 0 N–H and O–H groups in total. The Morgan fingerprint density at radius 2 is 1.16 bits per heavy atom. The summed E-state index contributed by atoms with van der Waals surface area (Å²) in [7, 11) is 0. The van der Waals surface area contributed by atoms with Crippen LogP contribution < -0.4 is 0 Å². The zero-order valence-electron chi connectivity index (χ0n) is 16.8. The maximum absolute atomic E-state index is 4.67. The molecule has 0 unspecified atom stereocenters. The quantitative estimate of drug-likeness (QED) is 0.325. The number of rotatable bonds is 3. The maximum Gasteiger partial charge on any atom is 0.146 e. The van der Waals surface area contributed by atoms with E-state index >= 15 is 0 Å². The molecule has 0 saturated heterocycles. The molecule has 3 aromatic carbocycles. The highest BCUT2D eigenvalue weighted by Crippen LogP contribution is 2.34. The van der Waals surface area contributed by atoms with Gasteiger partial charge in [0.15, 0.2) is 0 Å². The fourth-order valence-electron chi connectivity index (χ4n) is 4.23. The lowest BCUT2D eigenvalue weighted by Gasteiger charge is -2.07. The SMILES string of the molecule is c1ccc(-c2ccc(-c3ccc4c(c3)c3cccnc3n4-c3ccccn3)cc2)cc1. The molecule has 0 amide bonds. The molecule has 3 nitrogen and oxygen atoms in total. The van der Waals surface area contributed by atoms with Crippen molar-refractivity contribution in [3.8, 4) is 28.1 Å². The van der Waals surface area contributed by atoms with E-state index in [1.165, 1.54) is 27.6 Å². The summed E-state index contributed by atoms with van der Waals surface area (Å²) >= 11 is 0. The third-order valence-electron chi connectivity index (χ3n) is 5.73. The van der Waals surface area contributed by atoms with Gasteiger partial charge < -0.3 is 0 Å². The normalized spacial score (nSPS) is 11.2. The second-order valence-corrected chi connectivity index (χ2v) is 7.57. The Kier molecular flexibility index (Phi) is 4.10. The standard InChI is InChI=1S/C28H19N3/c1-2-7-20(8-3-1)21-11-13-22(14-12-21)23-15-16-26-25(19-23)24-9-6-18-30-28(24)31(26)27-10-4-5-17-29-27/h1-19H. The summed E-state index contributed by atoms with van der Waals surface area (Å²) in [5.74, 6) is 0.876. The molecule has 31 heavy (non-hydrogen) atoms. The Morgan fingerprint density at radius 3 is 1.94 bits per heavy atom. The highest BCUT2D eigenvalue weighted by molar-refractivity contribution is 6.09. The van der Waals surface area contributed by atoms with E-state index in [9.17, 15) is 0 Å². The first-order chi connectivity index (χ1) is 15.4. The van der Waals surface area contributed by atoms with Crippen LogP contribution >= 0.6 is 0 Å². The zero-order valence-corrected chi connectivity index (χ0v) is 16.8. The summed E-state index contributed by atoms with van der Waals surface area (Å²) in [5.41, 5.74) is 6.88. The van der Waals surface area contributed by atoms with Crippen molar-refractivity contribution >= 4 is 21.9 Å². The van der Waals surface area contributed by atoms with Crippen LogP contribution in [0.25, 0.3) is 50.0 Å². The largest absolute Gasteiger partial charge is 0.278 e. The van der Waals surface area contributed by atoms with Crippen LogP contribution in [-0.4, -0.2) is 14.5 Å². The molecule has 0 radical (unpaired) electrons. The van der Waals surface area contributed by atoms with Gasteiger partial charge in [-0.25, -0.2) is 9.97 Å². The molecule has 0 aliphatic heterocycles. The lowest BCUT2D eigenvalue weighted by Crippen LogP contribution is -1.97. The lowest BCUT2D eigenvalue weighted by atomic mass is 9.99. The minimum Gasteiger partial charge on any atom is -0.278 e. The molecule has 0 bridgehead atoms. The number of hydrogen-bond donors (Lipinski definition) is 0. The first-order valence-electron chi connectivity index (χ1n) is 10.3. The van der Waals surface area contributed by atoms with Crippen LogP contribution in [0.4, 0.5) is 0 Å². The molecule has 0 aliphatic carbocycles. The molecule has 6 rings (SSSR count). The van der Waals surface area contributed by atoms with Gasteiger partial charge in [-0.05, 0) is 58.7 Å². The van der Waals surface area contributed by atoms with Crippen molar-refractivity contribution in [2.45, 2.75) is 0 Å². The molecule has 0 atom stereocenters. The topological polar surface area (TPSA) is 30.7 Å². The molecule has 0 fully saturated rings. The van der Waals surface area contributed by atoms with Gasteiger partial charge in [0, 0.05) is 23.2 Å². The molecule has 0 saturated carbocycles. The summed E-state index contributed by atoms with van der Waals surface area (Å²) in [4.78, 5) is 9.23. The summed E-state index contributed by atoms with van der Waals surface area (Å²) < 4.78 is 2.13. The molecule has 3 heteroatoms. The molecular formula is C28H19N3. The van der Waals surface area contributed by atoms with Gasteiger partial charge >= 0.3 is 0 Å². The number of fused-ring (bicyclic) bond motifs is 3. The molecule has 0 spiro atoms. The van der Waals surface area contributed by atoms with E-state index in [1.807, 2.05) is 42.7 Å². The Bertz CT molecular complexity index is 1500. The average molecular weight is 397 g/mol. The number of aromatic nitrogens is 3.